The van der Waals surface area contributed by atoms with Gasteiger partial charge in [0.1, 0.15) is 11.6 Å². The van der Waals surface area contributed by atoms with Crippen LogP contribution in [-0.2, 0) is 16.6 Å². The number of hydrogen-bond donors (Lipinski definition) is 1. The molecule has 0 aliphatic rings. The Kier molecular flexibility index (Phi) is 5.77. The minimum absolute atomic E-state index is 0.133. The van der Waals surface area contributed by atoms with Crippen molar-refractivity contribution < 1.29 is 17.8 Å². The van der Waals surface area contributed by atoms with Crippen LogP contribution in [0.5, 0.6) is 0 Å². The number of rotatable bonds is 6. The fraction of sp³-hybridized carbons (Fsp3) is 0.188. The summed E-state index contributed by atoms with van der Waals surface area (Å²) in [6.45, 7) is 0.133. The van der Waals surface area contributed by atoms with Gasteiger partial charge in [0.15, 0.2) is 0 Å². The molecule has 0 aliphatic heterocycles. The molecule has 1 amide bonds. The Morgan fingerprint density at radius 1 is 1.09 bits per heavy atom. The summed E-state index contributed by atoms with van der Waals surface area (Å²) < 4.78 is 38.3. The SMILES string of the molecule is O=C(NCCS(=O)Cc1ccccc1)c1cc(F)ccc1F. The summed E-state index contributed by atoms with van der Waals surface area (Å²) in [6.07, 6.45) is 0. The van der Waals surface area contributed by atoms with Crippen molar-refractivity contribution in [2.45, 2.75) is 5.75 Å². The van der Waals surface area contributed by atoms with Crippen LogP contribution in [0.2, 0.25) is 0 Å². The molecule has 3 nitrogen and oxygen atoms in total. The van der Waals surface area contributed by atoms with Crippen molar-refractivity contribution in [3.8, 4) is 0 Å². The summed E-state index contributed by atoms with van der Waals surface area (Å²) in [5.41, 5.74) is 0.595. The van der Waals surface area contributed by atoms with E-state index in [2.05, 4.69) is 5.32 Å². The number of carbonyl (C=O) groups is 1. The Morgan fingerprint density at radius 2 is 1.82 bits per heavy atom. The summed E-state index contributed by atoms with van der Waals surface area (Å²) in [4.78, 5) is 11.7. The number of halogens is 2. The van der Waals surface area contributed by atoms with E-state index in [-0.39, 0.29) is 17.9 Å². The number of carbonyl (C=O) groups excluding carboxylic acids is 1. The van der Waals surface area contributed by atoms with Crippen LogP contribution in [0.1, 0.15) is 15.9 Å². The van der Waals surface area contributed by atoms with Gasteiger partial charge in [0.05, 0.1) is 5.56 Å². The van der Waals surface area contributed by atoms with Gasteiger partial charge in [-0.15, -0.1) is 0 Å². The van der Waals surface area contributed by atoms with E-state index in [0.29, 0.717) is 5.75 Å². The van der Waals surface area contributed by atoms with E-state index in [0.717, 1.165) is 23.8 Å². The molecule has 1 unspecified atom stereocenters. The van der Waals surface area contributed by atoms with Gasteiger partial charge in [0.2, 0.25) is 0 Å². The highest BCUT2D eigenvalue weighted by molar-refractivity contribution is 7.84. The third-order valence-electron chi connectivity index (χ3n) is 2.96. The minimum atomic E-state index is -1.14. The summed E-state index contributed by atoms with van der Waals surface area (Å²) in [5.74, 6) is -1.54. The average Bonchev–Trinajstić information content (AvgIpc) is 2.50. The fourth-order valence-electron chi connectivity index (χ4n) is 1.88. The maximum Gasteiger partial charge on any atom is 0.254 e. The van der Waals surface area contributed by atoms with Crippen LogP contribution < -0.4 is 5.32 Å². The van der Waals surface area contributed by atoms with E-state index in [9.17, 15) is 17.8 Å². The van der Waals surface area contributed by atoms with Crippen LogP contribution in [0.15, 0.2) is 48.5 Å². The first-order chi connectivity index (χ1) is 10.6. The van der Waals surface area contributed by atoms with E-state index in [1.807, 2.05) is 30.3 Å². The quantitative estimate of drug-likeness (QED) is 0.888. The molecule has 116 valence electrons. The lowest BCUT2D eigenvalue weighted by molar-refractivity contribution is 0.0951. The van der Waals surface area contributed by atoms with E-state index in [1.165, 1.54) is 0 Å². The van der Waals surface area contributed by atoms with Gasteiger partial charge in [-0.25, -0.2) is 8.78 Å². The lowest BCUT2D eigenvalue weighted by atomic mass is 10.2. The van der Waals surface area contributed by atoms with Crippen LogP contribution in [-0.4, -0.2) is 22.4 Å². The van der Waals surface area contributed by atoms with E-state index < -0.39 is 28.3 Å². The van der Waals surface area contributed by atoms with E-state index in [1.54, 1.807) is 0 Å². The molecular weight excluding hydrogens is 308 g/mol. The van der Waals surface area contributed by atoms with E-state index in [4.69, 9.17) is 0 Å². The monoisotopic (exact) mass is 323 g/mol. The van der Waals surface area contributed by atoms with Crippen LogP contribution in [0, 0.1) is 11.6 Å². The van der Waals surface area contributed by atoms with Crippen LogP contribution >= 0.6 is 0 Å². The smallest absolute Gasteiger partial charge is 0.254 e. The Bertz CT molecular complexity index is 677. The van der Waals surface area contributed by atoms with Crippen molar-refractivity contribution in [1.29, 1.82) is 0 Å². The molecule has 22 heavy (non-hydrogen) atoms. The lowest BCUT2D eigenvalue weighted by Crippen LogP contribution is -2.28. The van der Waals surface area contributed by atoms with Gasteiger partial charge in [-0.3, -0.25) is 9.00 Å². The zero-order chi connectivity index (χ0) is 15.9. The largest absolute Gasteiger partial charge is 0.351 e. The molecule has 1 N–H and O–H groups in total. The summed E-state index contributed by atoms with van der Waals surface area (Å²) in [7, 11) is -1.14. The number of benzene rings is 2. The molecule has 0 heterocycles. The van der Waals surface area contributed by atoms with Crippen molar-refractivity contribution in [2.24, 2.45) is 0 Å². The highest BCUT2D eigenvalue weighted by atomic mass is 32.2. The van der Waals surface area contributed by atoms with Gasteiger partial charge < -0.3 is 5.32 Å². The number of hydrogen-bond acceptors (Lipinski definition) is 2. The highest BCUT2D eigenvalue weighted by Crippen LogP contribution is 2.09. The topological polar surface area (TPSA) is 46.2 Å². The van der Waals surface area contributed by atoms with Crippen molar-refractivity contribution in [1.82, 2.24) is 5.32 Å². The third kappa shape index (κ3) is 4.73. The molecule has 0 spiro atoms. The van der Waals surface area contributed by atoms with Crippen LogP contribution in [0.25, 0.3) is 0 Å². The molecular formula is C16H15F2NO2S. The molecule has 0 aromatic heterocycles. The summed E-state index contributed by atoms with van der Waals surface area (Å²) in [5, 5.41) is 2.45. The maximum atomic E-state index is 13.4. The van der Waals surface area contributed by atoms with Gasteiger partial charge in [-0.1, -0.05) is 30.3 Å². The molecule has 2 aromatic rings. The van der Waals surface area contributed by atoms with Gasteiger partial charge in [-0.2, -0.15) is 0 Å². The van der Waals surface area contributed by atoms with Gasteiger partial charge in [0.25, 0.3) is 5.91 Å². The molecule has 0 fully saturated rings. The Balaban J connectivity index is 1.82. The van der Waals surface area contributed by atoms with Crippen molar-refractivity contribution in [3.05, 3.63) is 71.3 Å². The van der Waals surface area contributed by atoms with Crippen molar-refractivity contribution >= 4 is 16.7 Å². The molecule has 2 rings (SSSR count). The first kappa shape index (κ1) is 16.3. The number of amides is 1. The first-order valence-electron chi connectivity index (χ1n) is 6.68. The summed E-state index contributed by atoms with van der Waals surface area (Å²) >= 11 is 0. The molecule has 2 aromatic carbocycles. The second-order valence-corrected chi connectivity index (χ2v) is 6.23. The molecule has 0 radical (unpaired) electrons. The second kappa shape index (κ2) is 7.79. The normalized spacial score (nSPS) is 11.9. The Morgan fingerprint density at radius 3 is 2.55 bits per heavy atom. The number of nitrogens with one attached hydrogen (secondary N) is 1. The van der Waals surface area contributed by atoms with Crippen molar-refractivity contribution in [3.63, 3.8) is 0 Å². The zero-order valence-corrected chi connectivity index (χ0v) is 12.5. The minimum Gasteiger partial charge on any atom is -0.351 e. The predicted molar refractivity (Wildman–Crippen MR) is 81.8 cm³/mol. The van der Waals surface area contributed by atoms with Gasteiger partial charge >= 0.3 is 0 Å². The molecule has 0 saturated carbocycles. The second-order valence-electron chi connectivity index (χ2n) is 4.65. The van der Waals surface area contributed by atoms with E-state index >= 15 is 0 Å². The van der Waals surface area contributed by atoms with Gasteiger partial charge in [0, 0.05) is 28.9 Å². The Hall–Kier alpha value is -2.08. The predicted octanol–water partition coefficient (Wildman–Crippen LogP) is 2.64. The zero-order valence-electron chi connectivity index (χ0n) is 11.7. The first-order valence-corrected chi connectivity index (χ1v) is 8.17. The highest BCUT2D eigenvalue weighted by Gasteiger charge is 2.12. The average molecular weight is 323 g/mol. The van der Waals surface area contributed by atoms with Crippen LogP contribution in [0.3, 0.4) is 0 Å². The lowest BCUT2D eigenvalue weighted by Gasteiger charge is -2.06. The Labute approximate surface area is 129 Å². The van der Waals surface area contributed by atoms with Gasteiger partial charge in [-0.05, 0) is 23.8 Å². The molecule has 0 bridgehead atoms. The summed E-state index contributed by atoms with van der Waals surface area (Å²) in [6, 6.07) is 12.0. The molecule has 0 aliphatic carbocycles. The fourth-order valence-corrected chi connectivity index (χ4v) is 2.92. The maximum absolute atomic E-state index is 13.4. The standard InChI is InChI=1S/C16H15F2NO2S/c17-13-6-7-15(18)14(10-13)16(20)19-8-9-22(21)11-12-4-2-1-3-5-12/h1-7,10H,8-9,11H2,(H,19,20). The van der Waals surface area contributed by atoms with Crippen LogP contribution in [0.4, 0.5) is 8.78 Å². The third-order valence-corrected chi connectivity index (χ3v) is 4.27. The molecule has 6 heteroatoms. The van der Waals surface area contributed by atoms with Crippen molar-refractivity contribution in [2.75, 3.05) is 12.3 Å². The molecule has 0 saturated heterocycles. The molecule has 1 atom stereocenters.